The van der Waals surface area contributed by atoms with E-state index >= 15 is 8.78 Å². The molecule has 0 amide bonds. The Morgan fingerprint density at radius 2 is 0.977 bits per heavy atom. The number of hydrogen-bond donors (Lipinski definition) is 2. The van der Waals surface area contributed by atoms with E-state index in [1.54, 1.807) is 47.4 Å². The average Bonchev–Trinajstić information content (AvgIpc) is 3.48. The van der Waals surface area contributed by atoms with Gasteiger partial charge in [-0.1, -0.05) is 65.8 Å². The maximum absolute atomic E-state index is 15.5. The van der Waals surface area contributed by atoms with E-state index in [4.69, 9.17) is 0 Å². The van der Waals surface area contributed by atoms with Crippen molar-refractivity contribution in [1.82, 2.24) is 0 Å². The number of fused-ring (bicyclic) bond motifs is 2. The number of nitrogens with zero attached hydrogens (tertiary/aromatic N) is 4. The van der Waals surface area contributed by atoms with Crippen molar-refractivity contribution in [3.63, 3.8) is 0 Å². The number of para-hydroxylation sites is 2. The first-order valence-electron chi connectivity index (χ1n) is 14.3. The van der Waals surface area contributed by atoms with Gasteiger partial charge in [-0.3, -0.25) is 0 Å². The number of rotatable bonds is 4. The molecule has 2 aliphatic rings. The maximum Gasteiger partial charge on any atom is 2.00 e. The smallest absolute Gasteiger partial charge is 0.506 e. The summed E-state index contributed by atoms with van der Waals surface area (Å²) in [6, 6.07) is 20.5. The van der Waals surface area contributed by atoms with E-state index in [9.17, 15) is 10.2 Å². The fourth-order valence-corrected chi connectivity index (χ4v) is 5.59. The molecule has 0 aromatic heterocycles. The molecule has 0 radical (unpaired) electrons. The van der Waals surface area contributed by atoms with Crippen molar-refractivity contribution >= 4 is 34.1 Å². The first-order chi connectivity index (χ1) is 20.2. The zero-order chi connectivity index (χ0) is 30.8. The molecule has 6 nitrogen and oxygen atoms in total. The van der Waals surface area contributed by atoms with Gasteiger partial charge in [0, 0.05) is 18.0 Å². The van der Waals surface area contributed by atoms with Gasteiger partial charge in [0.2, 0.25) is 0 Å². The van der Waals surface area contributed by atoms with E-state index in [-0.39, 0.29) is 50.1 Å². The summed E-state index contributed by atoms with van der Waals surface area (Å²) in [6.07, 6.45) is 0. The van der Waals surface area contributed by atoms with E-state index in [0.29, 0.717) is 34.1 Å². The van der Waals surface area contributed by atoms with Crippen LogP contribution in [0.3, 0.4) is 0 Å². The van der Waals surface area contributed by atoms with Crippen LogP contribution in [0.5, 0.6) is 11.5 Å². The van der Waals surface area contributed by atoms with Gasteiger partial charge in [-0.2, -0.15) is 0 Å². The quantitative estimate of drug-likeness (QED) is 0.202. The number of aromatic hydroxyl groups is 2. The predicted molar refractivity (Wildman–Crippen MR) is 169 cm³/mol. The zero-order valence-electron chi connectivity index (χ0n) is 25.5. The second kappa shape index (κ2) is 11.3. The van der Waals surface area contributed by atoms with Crippen molar-refractivity contribution in [2.45, 2.75) is 52.4 Å². The molecular weight excluding hydrogens is 741 g/mol. The number of phenolic OH excluding ortho intramolecular Hbond substituents is 2. The summed E-state index contributed by atoms with van der Waals surface area (Å²) in [4.78, 5) is 7.05. The third-order valence-electron chi connectivity index (χ3n) is 8.05. The largest absolute Gasteiger partial charge is 2.00 e. The first-order valence-corrected chi connectivity index (χ1v) is 14.3. The summed E-state index contributed by atoms with van der Waals surface area (Å²) in [5.74, 6) is -0.805. The summed E-state index contributed by atoms with van der Waals surface area (Å²) in [7, 11) is 0. The maximum atomic E-state index is 15.5. The van der Waals surface area contributed by atoms with Crippen LogP contribution in [0.1, 0.15) is 52.7 Å². The van der Waals surface area contributed by atoms with Gasteiger partial charge in [-0.05, 0) is 70.5 Å². The van der Waals surface area contributed by atoms with Crippen LogP contribution in [0.4, 0.5) is 42.9 Å². The molecule has 0 aliphatic carbocycles. The Balaban J connectivity index is 0.00000384. The minimum Gasteiger partial charge on any atom is -0.506 e. The van der Waals surface area contributed by atoms with Crippen molar-refractivity contribution in [1.29, 1.82) is 0 Å². The van der Waals surface area contributed by atoms with Gasteiger partial charge >= 0.3 is 21.1 Å². The molecule has 9 heteroatoms. The van der Waals surface area contributed by atoms with Crippen LogP contribution >= 0.6 is 0 Å². The molecule has 2 N–H and O–H groups in total. The first kappa shape index (κ1) is 31.6. The van der Waals surface area contributed by atoms with Gasteiger partial charge in [0.25, 0.3) is 0 Å². The van der Waals surface area contributed by atoms with Gasteiger partial charge in [-0.15, -0.1) is 13.3 Å². The van der Waals surface area contributed by atoms with Gasteiger partial charge < -0.3 is 29.8 Å². The number of phenols is 2. The molecule has 0 bridgehead atoms. The monoisotopic (exact) mass is 777 g/mol. The zero-order valence-corrected chi connectivity index (χ0v) is 27.8. The average molecular weight is 778 g/mol. The van der Waals surface area contributed by atoms with Crippen LogP contribution in [0, 0.1) is 25.0 Å². The van der Waals surface area contributed by atoms with Gasteiger partial charge in [-0.25, -0.2) is 8.78 Å². The molecule has 0 saturated carbocycles. The molecule has 2 heterocycles. The Morgan fingerprint density at radius 3 is 1.34 bits per heavy atom. The van der Waals surface area contributed by atoms with Crippen LogP contribution in [0.15, 0.2) is 72.8 Å². The van der Waals surface area contributed by atoms with E-state index < -0.39 is 11.6 Å². The summed E-state index contributed by atoms with van der Waals surface area (Å²) < 4.78 is 30.9. The second-order valence-corrected chi connectivity index (χ2v) is 13.2. The molecule has 4 aromatic carbocycles. The molecule has 0 atom stereocenters. The van der Waals surface area contributed by atoms with Gasteiger partial charge in [0.05, 0.1) is 22.7 Å². The third kappa shape index (κ3) is 5.49. The second-order valence-electron chi connectivity index (χ2n) is 13.2. The van der Waals surface area contributed by atoms with E-state index in [0.717, 1.165) is 11.1 Å². The molecule has 0 spiro atoms. The molecule has 232 valence electrons. The molecule has 0 saturated heterocycles. The fourth-order valence-electron chi connectivity index (χ4n) is 5.59. The summed E-state index contributed by atoms with van der Waals surface area (Å²) in [5.41, 5.74) is 4.38. The van der Waals surface area contributed by atoms with E-state index in [1.807, 2.05) is 46.2 Å². The van der Waals surface area contributed by atoms with Gasteiger partial charge in [0.15, 0.2) is 0 Å². The van der Waals surface area contributed by atoms with Crippen LogP contribution in [-0.4, -0.2) is 16.9 Å². The Labute approximate surface area is 272 Å². The van der Waals surface area contributed by atoms with Crippen LogP contribution in [0.25, 0.3) is 0 Å². The Bertz CT molecular complexity index is 1590. The van der Waals surface area contributed by atoms with Crippen LogP contribution < -0.4 is 19.6 Å². The standard InChI is InChI=1S/C35H36F2N4O2.Pt/c1-34(2,3)22-13-15-30(42)28(17-22)40-20-38(26-11-7-9-24(36)32(26)40)19-39-21-41(33-25(37)10-8-12-27(33)39)29-18-23(35(4,5)6)14-16-31(29)43;/h7-18,20-21,42-43H,19H2,1-6H3;/q-2;+2. The minimum atomic E-state index is -0.431. The molecular formula is C35H36F2N4O2Pt. The third-order valence-corrected chi connectivity index (χ3v) is 8.05. The van der Waals surface area contributed by atoms with Crippen molar-refractivity contribution in [3.05, 3.63) is 109 Å². The van der Waals surface area contributed by atoms with Crippen molar-refractivity contribution < 1.29 is 40.1 Å². The predicted octanol–water partition coefficient (Wildman–Crippen LogP) is 8.78. The SMILES string of the molecule is CC(C)(C)c1ccc(O)c(N2[CH-]N(CN3[CH-]N(c4cc(C(C)(C)C)ccc4O)c4c(F)cccc43)c3cccc(F)c32)c1.[Pt+2]. The van der Waals surface area contributed by atoms with Crippen molar-refractivity contribution in [2.24, 2.45) is 0 Å². The summed E-state index contributed by atoms with van der Waals surface area (Å²) in [6.45, 7) is 16.2. The molecule has 0 fully saturated rings. The minimum absolute atomic E-state index is 0. The molecule has 44 heavy (non-hydrogen) atoms. The van der Waals surface area contributed by atoms with Crippen molar-refractivity contribution in [2.75, 3.05) is 26.3 Å². The Kier molecular flexibility index (Phi) is 8.13. The van der Waals surface area contributed by atoms with Crippen LogP contribution in [0.2, 0.25) is 0 Å². The number of halogens is 2. The number of benzene rings is 4. The van der Waals surface area contributed by atoms with Crippen molar-refractivity contribution in [3.8, 4) is 11.5 Å². The Hall–Kier alpha value is -3.77. The molecule has 6 rings (SSSR count). The van der Waals surface area contributed by atoms with E-state index in [2.05, 4.69) is 41.5 Å². The summed E-state index contributed by atoms with van der Waals surface area (Å²) >= 11 is 0. The molecule has 4 aromatic rings. The number of anilines is 6. The number of hydrogen-bond acceptors (Lipinski definition) is 6. The van der Waals surface area contributed by atoms with Crippen LogP contribution in [-0.2, 0) is 31.9 Å². The fraction of sp³-hybridized carbons (Fsp3) is 0.257. The Morgan fingerprint density at radius 1 is 0.591 bits per heavy atom. The molecule has 0 unspecified atom stereocenters. The van der Waals surface area contributed by atoms with Gasteiger partial charge in [0.1, 0.15) is 23.1 Å². The topological polar surface area (TPSA) is 53.4 Å². The normalized spacial score (nSPS) is 14.5. The molecule has 2 aliphatic heterocycles. The summed E-state index contributed by atoms with van der Waals surface area (Å²) in [5, 5.41) is 21.8. The van der Waals surface area contributed by atoms with E-state index in [1.165, 1.54) is 12.1 Å².